The Morgan fingerprint density at radius 2 is 1.74 bits per heavy atom. The smallest absolute Gasteiger partial charge is 0.403 e. The number of carbonyl (C=O) groups excluding carboxylic acids is 1. The molecule has 1 aliphatic heterocycles. The van der Waals surface area contributed by atoms with E-state index in [0.29, 0.717) is 12.1 Å². The third-order valence-electron chi connectivity index (χ3n) is 5.45. The maximum absolute atomic E-state index is 14.2. The normalized spacial score (nSPS) is 25.0. The summed E-state index contributed by atoms with van der Waals surface area (Å²) in [5.74, 6) is -6.26. The number of rotatable bonds is 5. The lowest BCUT2D eigenvalue weighted by atomic mass is 9.85. The van der Waals surface area contributed by atoms with Crippen LogP contribution in [0, 0.1) is 11.6 Å². The highest BCUT2D eigenvalue weighted by molar-refractivity contribution is 8.45. The van der Waals surface area contributed by atoms with Gasteiger partial charge >= 0.3 is 16.4 Å². The van der Waals surface area contributed by atoms with Crippen molar-refractivity contribution >= 4 is 33.6 Å². The second-order valence-electron chi connectivity index (χ2n) is 8.05. The molecule has 0 spiro atoms. The quantitative estimate of drug-likeness (QED) is 0.377. The molecule has 0 bridgehead atoms. The van der Waals surface area contributed by atoms with Crippen LogP contribution in [-0.2, 0) is 4.79 Å². The van der Waals surface area contributed by atoms with Crippen LogP contribution in [0.5, 0.6) is 5.75 Å². The Morgan fingerprint density at radius 3 is 2.29 bits per heavy atom. The van der Waals surface area contributed by atoms with Gasteiger partial charge in [0, 0.05) is 17.2 Å². The van der Waals surface area contributed by atoms with Crippen molar-refractivity contribution < 1.29 is 50.9 Å². The van der Waals surface area contributed by atoms with Crippen LogP contribution in [-0.4, -0.2) is 29.2 Å². The summed E-state index contributed by atoms with van der Waals surface area (Å²) < 4.78 is 137. The molecule has 2 aromatic rings. The average molecular weight is 557 g/mol. The van der Waals surface area contributed by atoms with Crippen LogP contribution < -0.4 is 10.1 Å². The first kappa shape index (κ1) is 27.3. The number of hydrogen-bond donors (Lipinski definition) is 1. The van der Waals surface area contributed by atoms with Crippen molar-refractivity contribution in [2.75, 3.05) is 12.4 Å². The Kier molecular flexibility index (Phi) is 6.13. The zero-order valence-electron chi connectivity index (χ0n) is 17.7. The van der Waals surface area contributed by atoms with Crippen LogP contribution in [0.1, 0.15) is 24.8 Å². The predicted octanol–water partition coefficient (Wildman–Crippen LogP) is 8.18. The first-order valence-electron chi connectivity index (χ1n) is 9.58. The minimum absolute atomic E-state index is 0.0326. The molecule has 196 valence electrons. The first-order chi connectivity index (χ1) is 15.7. The molecule has 0 saturated carbocycles. The van der Waals surface area contributed by atoms with E-state index < -0.39 is 72.6 Å². The van der Waals surface area contributed by atoms with E-state index in [-0.39, 0.29) is 29.5 Å². The van der Waals surface area contributed by atoms with Gasteiger partial charge in [-0.15, -0.1) is 11.8 Å². The monoisotopic (exact) mass is 557 g/mol. The SMILES string of the molecule is COc1c(C2CC(C)(C(F)(F)F)SC2C(=O)Nc2cccc(S(F)(F)(F)(F)F)c2)ccc(F)c1F. The van der Waals surface area contributed by atoms with Crippen molar-refractivity contribution in [3.8, 4) is 5.75 Å². The Hall–Kier alpha value is -2.29. The molecule has 3 atom stereocenters. The number of anilines is 1. The van der Waals surface area contributed by atoms with E-state index >= 15 is 0 Å². The second kappa shape index (κ2) is 7.85. The topological polar surface area (TPSA) is 38.3 Å². The molecule has 0 aliphatic carbocycles. The van der Waals surface area contributed by atoms with Crippen LogP contribution in [0.15, 0.2) is 41.3 Å². The van der Waals surface area contributed by atoms with Crippen molar-refractivity contribution in [1.82, 2.24) is 0 Å². The number of nitrogens with one attached hydrogen (secondary N) is 1. The minimum atomic E-state index is -10.1. The molecular formula is C20H17F10NO2S2. The van der Waals surface area contributed by atoms with Crippen molar-refractivity contribution in [2.45, 2.75) is 40.3 Å². The molecule has 3 unspecified atom stereocenters. The van der Waals surface area contributed by atoms with E-state index in [2.05, 4.69) is 0 Å². The number of halogens is 10. The number of methoxy groups -OCH3 is 1. The number of thioether (sulfide) groups is 1. The summed E-state index contributed by atoms with van der Waals surface area (Å²) in [6, 6.07) is 3.08. The van der Waals surface area contributed by atoms with E-state index in [1.54, 1.807) is 0 Å². The third kappa shape index (κ3) is 5.44. The highest BCUT2D eigenvalue weighted by Crippen LogP contribution is 3.02. The molecule has 15 heteroatoms. The van der Waals surface area contributed by atoms with Crippen LogP contribution in [0.25, 0.3) is 0 Å². The van der Waals surface area contributed by atoms with Gasteiger partial charge in [0.25, 0.3) is 0 Å². The Labute approximate surface area is 196 Å². The summed E-state index contributed by atoms with van der Waals surface area (Å²) in [7, 11) is -9.16. The number of benzene rings is 2. The fraction of sp³-hybridized carbons (Fsp3) is 0.350. The molecule has 3 nitrogen and oxygen atoms in total. The van der Waals surface area contributed by atoms with Gasteiger partial charge in [-0.2, -0.15) is 17.6 Å². The maximum Gasteiger partial charge on any atom is 0.403 e. The summed E-state index contributed by atoms with van der Waals surface area (Å²) in [4.78, 5) is 10.6. The van der Waals surface area contributed by atoms with Gasteiger partial charge < -0.3 is 10.1 Å². The van der Waals surface area contributed by atoms with Gasteiger partial charge in [-0.3, -0.25) is 4.79 Å². The molecule has 0 aromatic heterocycles. The fourth-order valence-electron chi connectivity index (χ4n) is 3.70. The Bertz CT molecular complexity index is 1170. The first-order valence-corrected chi connectivity index (χ1v) is 12.4. The summed E-state index contributed by atoms with van der Waals surface area (Å²) in [5.41, 5.74) is -1.01. The van der Waals surface area contributed by atoms with E-state index in [1.807, 2.05) is 5.32 Å². The Morgan fingerprint density at radius 1 is 1.11 bits per heavy atom. The van der Waals surface area contributed by atoms with E-state index in [9.17, 15) is 46.2 Å². The lowest BCUT2D eigenvalue weighted by molar-refractivity contribution is -0.155. The highest BCUT2D eigenvalue weighted by Gasteiger charge is 2.65. The van der Waals surface area contributed by atoms with E-state index in [0.717, 1.165) is 26.2 Å². The van der Waals surface area contributed by atoms with Crippen LogP contribution in [0.2, 0.25) is 0 Å². The predicted molar refractivity (Wildman–Crippen MR) is 113 cm³/mol. The maximum atomic E-state index is 14.2. The molecular weight excluding hydrogens is 540 g/mol. The highest BCUT2D eigenvalue weighted by atomic mass is 32.5. The van der Waals surface area contributed by atoms with Gasteiger partial charge in [-0.05, 0) is 37.6 Å². The van der Waals surface area contributed by atoms with Gasteiger partial charge in [-0.1, -0.05) is 31.6 Å². The minimum Gasteiger partial charge on any atom is -0.493 e. The van der Waals surface area contributed by atoms with Crippen LogP contribution in [0.4, 0.5) is 47.1 Å². The van der Waals surface area contributed by atoms with Gasteiger partial charge in [0.05, 0.1) is 12.4 Å². The zero-order chi connectivity index (χ0) is 26.7. The standard InChI is InChI=1S/C20H17F10NO2S2/c1-19(20(23,24)25)9-13(12-6-7-14(21)15(22)16(12)33-2)17(34-19)18(32)31-10-4-3-5-11(8-10)35(26,27,28,29)30/h3-8,13,17H,9H2,1-2H3,(H,31,32). The van der Waals surface area contributed by atoms with Crippen LogP contribution >= 0.6 is 22.0 Å². The van der Waals surface area contributed by atoms with E-state index in [4.69, 9.17) is 4.74 Å². The lowest BCUT2D eigenvalue weighted by Crippen LogP contribution is -2.37. The third-order valence-corrected chi connectivity index (χ3v) is 8.31. The van der Waals surface area contributed by atoms with Crippen molar-refractivity contribution in [3.63, 3.8) is 0 Å². The average Bonchev–Trinajstić information content (AvgIpc) is 3.07. The summed E-state index contributed by atoms with van der Waals surface area (Å²) in [6.45, 7) is 0.777. The largest absolute Gasteiger partial charge is 0.493 e. The second-order valence-corrected chi connectivity index (χ2v) is 12.1. The molecule has 3 rings (SSSR count). The molecule has 35 heavy (non-hydrogen) atoms. The molecule has 1 fully saturated rings. The number of carbonyl (C=O) groups is 1. The van der Waals surface area contributed by atoms with Gasteiger partial charge in [-0.25, -0.2) is 4.39 Å². The summed E-state index contributed by atoms with van der Waals surface area (Å²) in [6.07, 6.45) is -5.65. The molecule has 1 saturated heterocycles. The number of amides is 1. The molecule has 0 radical (unpaired) electrons. The van der Waals surface area contributed by atoms with Crippen LogP contribution in [0.3, 0.4) is 0 Å². The molecule has 1 heterocycles. The Balaban J connectivity index is 2.03. The molecule has 1 N–H and O–H groups in total. The zero-order valence-corrected chi connectivity index (χ0v) is 19.4. The lowest BCUT2D eigenvalue weighted by Gasteiger charge is -2.40. The fourth-order valence-corrected chi connectivity index (χ4v) is 5.93. The number of ether oxygens (including phenoxy) is 1. The van der Waals surface area contributed by atoms with Gasteiger partial charge in [0.15, 0.2) is 11.6 Å². The summed E-state index contributed by atoms with van der Waals surface area (Å²) >= 11 is 0.116. The van der Waals surface area contributed by atoms with Gasteiger partial charge in [0.2, 0.25) is 11.7 Å². The van der Waals surface area contributed by atoms with Crippen molar-refractivity contribution in [2.24, 2.45) is 0 Å². The molecule has 1 amide bonds. The van der Waals surface area contributed by atoms with Crippen molar-refractivity contribution in [1.29, 1.82) is 0 Å². The van der Waals surface area contributed by atoms with E-state index in [1.165, 1.54) is 0 Å². The summed E-state index contributed by atoms with van der Waals surface area (Å²) in [5, 5.41) is 0.256. The molecule has 2 aromatic carbocycles. The number of hydrogen-bond acceptors (Lipinski definition) is 3. The number of alkyl halides is 3. The molecule has 1 aliphatic rings. The van der Waals surface area contributed by atoms with Crippen molar-refractivity contribution in [3.05, 3.63) is 53.6 Å². The van der Waals surface area contributed by atoms with Gasteiger partial charge in [0.1, 0.15) is 9.64 Å².